The number of fused-ring (bicyclic) bond motifs is 1. The zero-order valence-corrected chi connectivity index (χ0v) is 13.4. The van der Waals surface area contributed by atoms with E-state index in [2.05, 4.69) is 16.7 Å². The molecule has 0 bridgehead atoms. The van der Waals surface area contributed by atoms with Crippen LogP contribution in [0.1, 0.15) is 45.8 Å². The second kappa shape index (κ2) is 7.43. The molecule has 2 N–H and O–H groups in total. The quantitative estimate of drug-likeness (QED) is 0.897. The highest BCUT2D eigenvalue weighted by molar-refractivity contribution is 7.14. The first-order valence-corrected chi connectivity index (χ1v) is 8.25. The van der Waals surface area contributed by atoms with E-state index >= 15 is 0 Å². The summed E-state index contributed by atoms with van der Waals surface area (Å²) >= 11 is 1.70. The van der Waals surface area contributed by atoms with Gasteiger partial charge in [0.15, 0.2) is 0 Å². The van der Waals surface area contributed by atoms with E-state index in [0.29, 0.717) is 0 Å². The number of carbonyl (C=O) groups excluding carboxylic acids is 1. The smallest absolute Gasteiger partial charge is 0.261 e. The first-order valence-electron chi connectivity index (χ1n) is 7.43. The third kappa shape index (κ3) is 3.74. The topological polar surface area (TPSA) is 41.1 Å². The van der Waals surface area contributed by atoms with E-state index in [9.17, 15) is 4.79 Å². The fourth-order valence-electron chi connectivity index (χ4n) is 3.04. The summed E-state index contributed by atoms with van der Waals surface area (Å²) in [6.45, 7) is 3.06. The molecule has 5 heteroatoms. The molecule has 2 heterocycles. The van der Waals surface area contributed by atoms with Crippen LogP contribution in [-0.4, -0.2) is 25.5 Å². The SMILES string of the molecule is Cl.O=C(NCCC1CCNC1)c1cc2c(s1)CCCC2. The number of hydrogen-bond acceptors (Lipinski definition) is 3. The van der Waals surface area contributed by atoms with Crippen LogP contribution in [0.15, 0.2) is 6.07 Å². The van der Waals surface area contributed by atoms with Gasteiger partial charge in [-0.2, -0.15) is 0 Å². The van der Waals surface area contributed by atoms with Crippen molar-refractivity contribution in [3.05, 3.63) is 21.4 Å². The molecule has 2 aliphatic rings. The number of aryl methyl sites for hydroxylation is 2. The Kier molecular flexibility index (Phi) is 5.87. The summed E-state index contributed by atoms with van der Waals surface area (Å²) < 4.78 is 0. The monoisotopic (exact) mass is 314 g/mol. The lowest BCUT2D eigenvalue weighted by molar-refractivity contribution is 0.0955. The highest BCUT2D eigenvalue weighted by Crippen LogP contribution is 2.29. The van der Waals surface area contributed by atoms with E-state index in [-0.39, 0.29) is 18.3 Å². The minimum absolute atomic E-state index is 0. The lowest BCUT2D eigenvalue weighted by atomic mass is 9.99. The number of amides is 1. The summed E-state index contributed by atoms with van der Waals surface area (Å²) in [5.74, 6) is 0.877. The van der Waals surface area contributed by atoms with E-state index in [0.717, 1.165) is 43.3 Å². The van der Waals surface area contributed by atoms with Gasteiger partial charge >= 0.3 is 0 Å². The molecule has 3 rings (SSSR count). The summed E-state index contributed by atoms with van der Waals surface area (Å²) in [7, 11) is 0. The molecular weight excluding hydrogens is 292 g/mol. The van der Waals surface area contributed by atoms with Gasteiger partial charge in [-0.1, -0.05) is 0 Å². The highest BCUT2D eigenvalue weighted by atomic mass is 35.5. The molecule has 1 aliphatic heterocycles. The Balaban J connectivity index is 0.00000147. The van der Waals surface area contributed by atoms with Gasteiger partial charge in [0.25, 0.3) is 5.91 Å². The number of nitrogens with one attached hydrogen (secondary N) is 2. The van der Waals surface area contributed by atoms with Crippen LogP contribution in [0.2, 0.25) is 0 Å². The summed E-state index contributed by atoms with van der Waals surface area (Å²) in [5.41, 5.74) is 1.42. The van der Waals surface area contributed by atoms with Gasteiger partial charge in [-0.05, 0) is 69.2 Å². The lowest BCUT2D eigenvalue weighted by Gasteiger charge is -2.08. The van der Waals surface area contributed by atoms with Gasteiger partial charge in [0.2, 0.25) is 0 Å². The van der Waals surface area contributed by atoms with Crippen molar-refractivity contribution in [3.63, 3.8) is 0 Å². The fraction of sp³-hybridized carbons (Fsp3) is 0.667. The van der Waals surface area contributed by atoms with Crippen molar-refractivity contribution in [3.8, 4) is 0 Å². The Morgan fingerprint density at radius 3 is 3.00 bits per heavy atom. The van der Waals surface area contributed by atoms with E-state index < -0.39 is 0 Å². The molecule has 1 atom stereocenters. The Labute approximate surface area is 130 Å². The zero-order chi connectivity index (χ0) is 13.1. The fourth-order valence-corrected chi connectivity index (χ4v) is 4.21. The van der Waals surface area contributed by atoms with Gasteiger partial charge in [0.1, 0.15) is 0 Å². The van der Waals surface area contributed by atoms with Crippen LogP contribution >= 0.6 is 23.7 Å². The van der Waals surface area contributed by atoms with Crippen LogP contribution in [0.5, 0.6) is 0 Å². The van der Waals surface area contributed by atoms with Gasteiger partial charge in [0, 0.05) is 11.4 Å². The average Bonchev–Trinajstić information content (AvgIpc) is 3.07. The van der Waals surface area contributed by atoms with Gasteiger partial charge < -0.3 is 10.6 Å². The molecule has 0 saturated carbocycles. The molecule has 1 unspecified atom stereocenters. The van der Waals surface area contributed by atoms with Crippen LogP contribution in [0.3, 0.4) is 0 Å². The van der Waals surface area contributed by atoms with Crippen molar-refractivity contribution in [2.45, 2.75) is 38.5 Å². The molecule has 1 saturated heterocycles. The van der Waals surface area contributed by atoms with Crippen LogP contribution in [0.4, 0.5) is 0 Å². The lowest BCUT2D eigenvalue weighted by Crippen LogP contribution is -2.25. The maximum atomic E-state index is 12.1. The maximum absolute atomic E-state index is 12.1. The molecular formula is C15H23ClN2OS. The van der Waals surface area contributed by atoms with Crippen LogP contribution in [-0.2, 0) is 12.8 Å². The summed E-state index contributed by atoms with van der Waals surface area (Å²) in [5, 5.41) is 6.44. The minimum atomic E-state index is 0. The normalized spacial score (nSPS) is 21.1. The van der Waals surface area contributed by atoms with Crippen molar-refractivity contribution < 1.29 is 4.79 Å². The Morgan fingerprint density at radius 2 is 2.25 bits per heavy atom. The summed E-state index contributed by atoms with van der Waals surface area (Å²) in [6, 6.07) is 2.12. The predicted molar refractivity (Wildman–Crippen MR) is 86.1 cm³/mol. The maximum Gasteiger partial charge on any atom is 0.261 e. The summed E-state index contributed by atoms with van der Waals surface area (Å²) in [4.78, 5) is 14.5. The first kappa shape index (κ1) is 15.8. The van der Waals surface area contributed by atoms with Crippen LogP contribution in [0, 0.1) is 5.92 Å². The third-order valence-corrected chi connectivity index (χ3v) is 5.46. The van der Waals surface area contributed by atoms with Crippen molar-refractivity contribution >= 4 is 29.7 Å². The van der Waals surface area contributed by atoms with Crippen LogP contribution < -0.4 is 10.6 Å². The molecule has 0 spiro atoms. The molecule has 0 aromatic carbocycles. The molecule has 1 aromatic heterocycles. The molecule has 20 heavy (non-hydrogen) atoms. The van der Waals surface area contributed by atoms with E-state index in [1.807, 2.05) is 0 Å². The van der Waals surface area contributed by atoms with Crippen LogP contribution in [0.25, 0.3) is 0 Å². The predicted octanol–water partition coefficient (Wildman–Crippen LogP) is 2.78. The zero-order valence-electron chi connectivity index (χ0n) is 11.7. The number of hydrogen-bond donors (Lipinski definition) is 2. The molecule has 112 valence electrons. The number of halogens is 1. The van der Waals surface area contributed by atoms with Gasteiger partial charge in [0.05, 0.1) is 4.88 Å². The second-order valence-corrected chi connectivity index (χ2v) is 6.81. The van der Waals surface area contributed by atoms with Gasteiger partial charge in [-0.25, -0.2) is 0 Å². The largest absolute Gasteiger partial charge is 0.351 e. The third-order valence-electron chi connectivity index (χ3n) is 4.22. The van der Waals surface area contributed by atoms with E-state index in [1.54, 1.807) is 11.3 Å². The Morgan fingerprint density at radius 1 is 1.40 bits per heavy atom. The molecule has 3 nitrogen and oxygen atoms in total. The molecule has 1 amide bonds. The Bertz CT molecular complexity index is 431. The average molecular weight is 315 g/mol. The summed E-state index contributed by atoms with van der Waals surface area (Å²) in [6.07, 6.45) is 7.24. The molecule has 1 fully saturated rings. The first-order chi connectivity index (χ1) is 9.33. The second-order valence-electron chi connectivity index (χ2n) is 5.67. The molecule has 1 aliphatic carbocycles. The Hall–Kier alpha value is -0.580. The standard InChI is InChI=1S/C15H22N2OS.ClH/c18-15(17-8-6-11-5-7-16-10-11)14-9-12-3-1-2-4-13(12)19-14;/h9,11,16H,1-8,10H2,(H,17,18);1H. The highest BCUT2D eigenvalue weighted by Gasteiger charge is 2.18. The van der Waals surface area contributed by atoms with Crippen molar-refractivity contribution in [1.29, 1.82) is 0 Å². The van der Waals surface area contributed by atoms with Crippen molar-refractivity contribution in [1.82, 2.24) is 10.6 Å². The van der Waals surface area contributed by atoms with Gasteiger partial charge in [-0.15, -0.1) is 23.7 Å². The number of thiophene rings is 1. The molecule has 0 radical (unpaired) electrons. The van der Waals surface area contributed by atoms with E-state index in [4.69, 9.17) is 0 Å². The van der Waals surface area contributed by atoms with E-state index in [1.165, 1.54) is 36.1 Å². The number of rotatable bonds is 4. The minimum Gasteiger partial charge on any atom is -0.351 e. The molecule has 1 aromatic rings. The number of carbonyl (C=O) groups is 1. The van der Waals surface area contributed by atoms with Crippen molar-refractivity contribution in [2.75, 3.05) is 19.6 Å². The van der Waals surface area contributed by atoms with Gasteiger partial charge in [-0.3, -0.25) is 4.79 Å². The van der Waals surface area contributed by atoms with Crippen molar-refractivity contribution in [2.24, 2.45) is 5.92 Å².